The van der Waals surface area contributed by atoms with Crippen molar-refractivity contribution in [2.45, 2.75) is 80.0 Å². The molecular weight excluding hydrogens is 396 g/mol. The smallest absolute Gasteiger partial charge is 0.320 e. The number of carboxylic acid groups (broad SMARTS) is 1. The van der Waals surface area contributed by atoms with Gasteiger partial charge in [0.25, 0.3) is 0 Å². The van der Waals surface area contributed by atoms with Crippen molar-refractivity contribution in [2.75, 3.05) is 5.75 Å². The Balaban J connectivity index is 1.69. The zero-order valence-corrected chi connectivity index (χ0v) is 15.8. The summed E-state index contributed by atoms with van der Waals surface area (Å²) in [5.74, 6) is -0.240. The number of fused-ring (bicyclic) bond motifs is 1. The van der Waals surface area contributed by atoms with Crippen LogP contribution >= 0.6 is 11.8 Å². The molecule has 0 aromatic carbocycles. The van der Waals surface area contributed by atoms with Crippen LogP contribution in [0.4, 0.5) is 4.79 Å². The number of hydrogen-bond acceptors (Lipinski definition) is 9. The van der Waals surface area contributed by atoms with Crippen LogP contribution < -0.4 is 5.32 Å². The first-order valence-corrected chi connectivity index (χ1v) is 10.2. The number of carbonyl (C=O) groups excluding carboxylic acids is 1. The number of aliphatic hydroxyl groups excluding tert-OH is 5. The standard InChI is InChI=1S/C16H26N2O9S/c19-8(20)4-2-1-3-7-9-6(5-28-7)17-16(26)18(9)14(24)13-11(22)10(21)12(23)15(25)27-13/h6-7,9-15,21-25H,1-5H2,(H,17,26)(H,19,20)/t6-,7-,9-,10+,11+,12+,13+,14?,15+/m1/s1. The fraction of sp³-hybridized carbons (Fsp3) is 0.875. The van der Waals surface area contributed by atoms with E-state index in [1.807, 2.05) is 0 Å². The van der Waals surface area contributed by atoms with E-state index >= 15 is 0 Å². The van der Waals surface area contributed by atoms with Gasteiger partial charge in [0.05, 0.1) is 12.1 Å². The molecule has 0 radical (unpaired) electrons. The summed E-state index contributed by atoms with van der Waals surface area (Å²) in [4.78, 5) is 24.2. The van der Waals surface area contributed by atoms with Crippen molar-refractivity contribution in [1.82, 2.24) is 10.2 Å². The minimum absolute atomic E-state index is 0.0476. The lowest BCUT2D eigenvalue weighted by atomic mass is 9.96. The quantitative estimate of drug-likeness (QED) is 0.173. The Kier molecular flexibility index (Phi) is 6.69. The van der Waals surface area contributed by atoms with E-state index in [-0.39, 0.29) is 17.7 Å². The summed E-state index contributed by atoms with van der Waals surface area (Å²) in [6.07, 6.45) is -8.28. The van der Waals surface area contributed by atoms with E-state index in [0.29, 0.717) is 25.0 Å². The number of carbonyl (C=O) groups is 2. The van der Waals surface area contributed by atoms with Gasteiger partial charge >= 0.3 is 12.0 Å². The molecule has 1 unspecified atom stereocenters. The van der Waals surface area contributed by atoms with Crippen molar-refractivity contribution in [2.24, 2.45) is 0 Å². The van der Waals surface area contributed by atoms with E-state index in [0.717, 1.165) is 4.90 Å². The minimum atomic E-state index is -1.82. The van der Waals surface area contributed by atoms with Gasteiger partial charge in [0.1, 0.15) is 24.4 Å². The number of hydrogen-bond donors (Lipinski definition) is 7. The molecular formula is C16H26N2O9S. The van der Waals surface area contributed by atoms with Crippen molar-refractivity contribution in [3.8, 4) is 0 Å². The van der Waals surface area contributed by atoms with Crippen LogP contribution in [-0.4, -0.2) is 108 Å². The highest BCUT2D eigenvalue weighted by atomic mass is 32.2. The molecule has 160 valence electrons. The van der Waals surface area contributed by atoms with Crippen molar-refractivity contribution in [3.05, 3.63) is 0 Å². The van der Waals surface area contributed by atoms with E-state index in [4.69, 9.17) is 9.84 Å². The summed E-state index contributed by atoms with van der Waals surface area (Å²) < 4.78 is 5.06. The van der Waals surface area contributed by atoms with Gasteiger partial charge in [-0.15, -0.1) is 0 Å². The molecule has 0 aliphatic carbocycles. The molecule has 0 bridgehead atoms. The van der Waals surface area contributed by atoms with Crippen LogP contribution in [0.3, 0.4) is 0 Å². The number of urea groups is 1. The first kappa shape index (κ1) is 21.6. The molecule has 12 heteroatoms. The average molecular weight is 422 g/mol. The molecule has 3 fully saturated rings. The van der Waals surface area contributed by atoms with Gasteiger partial charge in [0.15, 0.2) is 12.5 Å². The van der Waals surface area contributed by atoms with Crippen LogP contribution in [0.5, 0.6) is 0 Å². The monoisotopic (exact) mass is 422 g/mol. The van der Waals surface area contributed by atoms with E-state index in [2.05, 4.69) is 5.32 Å². The third-order valence-corrected chi connectivity index (χ3v) is 6.98. The molecule has 0 saturated carbocycles. The lowest BCUT2D eigenvalue weighted by Crippen LogP contribution is -2.64. The third kappa shape index (κ3) is 4.08. The lowest BCUT2D eigenvalue weighted by Gasteiger charge is -2.43. The average Bonchev–Trinajstić information content (AvgIpc) is 3.17. The molecule has 3 heterocycles. The molecule has 0 aromatic heterocycles. The largest absolute Gasteiger partial charge is 0.481 e. The second kappa shape index (κ2) is 8.69. The number of unbranched alkanes of at least 4 members (excludes halogenated alkanes) is 1. The Morgan fingerprint density at radius 1 is 1.21 bits per heavy atom. The second-order valence-corrected chi connectivity index (χ2v) is 8.61. The van der Waals surface area contributed by atoms with Gasteiger partial charge < -0.3 is 40.7 Å². The summed E-state index contributed by atoms with van der Waals surface area (Å²) in [5.41, 5.74) is 0. The van der Waals surface area contributed by atoms with Gasteiger partial charge in [-0.1, -0.05) is 6.42 Å². The highest BCUT2D eigenvalue weighted by Gasteiger charge is 2.55. The number of ether oxygens (including phenoxy) is 1. The summed E-state index contributed by atoms with van der Waals surface area (Å²) in [6, 6.07) is -1.18. The summed E-state index contributed by atoms with van der Waals surface area (Å²) in [7, 11) is 0. The van der Waals surface area contributed by atoms with Crippen LogP contribution in [0, 0.1) is 0 Å². The Hall–Kier alpha value is -1.15. The first-order valence-electron chi connectivity index (χ1n) is 9.20. The lowest BCUT2D eigenvalue weighted by molar-refractivity contribution is -0.306. The number of rotatable bonds is 7. The molecule has 3 aliphatic heterocycles. The van der Waals surface area contributed by atoms with Gasteiger partial charge in [0, 0.05) is 17.4 Å². The van der Waals surface area contributed by atoms with Gasteiger partial charge in [0.2, 0.25) is 0 Å². The maximum atomic E-state index is 12.4. The van der Waals surface area contributed by atoms with Crippen molar-refractivity contribution < 1.29 is 45.0 Å². The molecule has 0 spiro atoms. The minimum Gasteiger partial charge on any atom is -0.481 e. The Labute approximate surface area is 165 Å². The highest BCUT2D eigenvalue weighted by Crippen LogP contribution is 2.39. The van der Waals surface area contributed by atoms with Gasteiger partial charge in [-0.05, 0) is 12.8 Å². The molecule has 7 N–H and O–H groups in total. The predicted molar refractivity (Wildman–Crippen MR) is 95.2 cm³/mol. The predicted octanol–water partition coefficient (Wildman–Crippen LogP) is -2.37. The SMILES string of the molecule is O=C(O)CCCC[C@H]1SC[C@H]2NC(=O)N(C(O)[C@H]3O[C@H](O)[C@@H](O)[C@@H](O)[C@@H]3O)[C@H]21. The fourth-order valence-electron chi connectivity index (χ4n) is 4.02. The molecule has 0 aromatic rings. The summed E-state index contributed by atoms with van der Waals surface area (Å²) in [6.45, 7) is 0. The van der Waals surface area contributed by atoms with E-state index < -0.39 is 55.0 Å². The fourth-order valence-corrected chi connectivity index (χ4v) is 5.60. The maximum absolute atomic E-state index is 12.4. The Morgan fingerprint density at radius 2 is 1.93 bits per heavy atom. The summed E-state index contributed by atoms with van der Waals surface area (Å²) in [5, 5.41) is 61.5. The van der Waals surface area contributed by atoms with Crippen molar-refractivity contribution in [1.29, 1.82) is 0 Å². The van der Waals surface area contributed by atoms with Crippen LogP contribution in [0.1, 0.15) is 25.7 Å². The number of nitrogens with one attached hydrogen (secondary N) is 1. The molecule has 9 atom stereocenters. The maximum Gasteiger partial charge on any atom is 0.320 e. The van der Waals surface area contributed by atoms with E-state index in [1.165, 1.54) is 0 Å². The molecule has 3 saturated heterocycles. The first-order chi connectivity index (χ1) is 13.2. The normalized spacial score (nSPS) is 41.6. The summed E-state index contributed by atoms with van der Waals surface area (Å²) >= 11 is 1.61. The van der Waals surface area contributed by atoms with Gasteiger partial charge in [-0.25, -0.2) is 4.79 Å². The van der Waals surface area contributed by atoms with Crippen LogP contribution in [0.15, 0.2) is 0 Å². The molecule has 28 heavy (non-hydrogen) atoms. The number of aliphatic carboxylic acids is 1. The van der Waals surface area contributed by atoms with Crippen LogP contribution in [-0.2, 0) is 9.53 Å². The number of thioether (sulfide) groups is 1. The number of aliphatic hydroxyl groups is 5. The highest BCUT2D eigenvalue weighted by molar-refractivity contribution is 8.00. The van der Waals surface area contributed by atoms with Crippen LogP contribution in [0.2, 0.25) is 0 Å². The van der Waals surface area contributed by atoms with Crippen molar-refractivity contribution in [3.63, 3.8) is 0 Å². The molecule has 11 nitrogen and oxygen atoms in total. The van der Waals surface area contributed by atoms with Crippen LogP contribution in [0.25, 0.3) is 0 Å². The topological polar surface area (TPSA) is 180 Å². The van der Waals surface area contributed by atoms with E-state index in [1.54, 1.807) is 11.8 Å². The zero-order chi connectivity index (χ0) is 20.6. The van der Waals surface area contributed by atoms with E-state index in [9.17, 15) is 35.1 Å². The molecule has 2 amide bonds. The Morgan fingerprint density at radius 3 is 2.61 bits per heavy atom. The molecule has 3 rings (SSSR count). The number of carboxylic acids is 1. The number of amides is 2. The molecule has 3 aliphatic rings. The van der Waals surface area contributed by atoms with Gasteiger partial charge in [-0.3, -0.25) is 9.69 Å². The second-order valence-electron chi connectivity index (χ2n) is 7.34. The van der Waals surface area contributed by atoms with Crippen molar-refractivity contribution >= 4 is 23.8 Å². The van der Waals surface area contributed by atoms with Gasteiger partial charge in [-0.2, -0.15) is 11.8 Å². The zero-order valence-electron chi connectivity index (χ0n) is 15.0. The number of nitrogens with zero attached hydrogens (tertiary/aromatic N) is 1. The third-order valence-electron chi connectivity index (χ3n) is 5.48. The Bertz CT molecular complexity index is 596.